The minimum Gasteiger partial charge on any atom is -0.493 e. The summed E-state index contributed by atoms with van der Waals surface area (Å²) in [5, 5.41) is 14.1. The van der Waals surface area contributed by atoms with Crippen molar-refractivity contribution in [2.24, 2.45) is 29.6 Å². The molecule has 0 heterocycles. The van der Waals surface area contributed by atoms with Crippen LogP contribution in [0.15, 0.2) is 18.2 Å². The third-order valence-electron chi connectivity index (χ3n) is 8.27. The zero-order valence-electron chi connectivity index (χ0n) is 25.7. The van der Waals surface area contributed by atoms with Gasteiger partial charge in [0.2, 0.25) is 5.91 Å². The van der Waals surface area contributed by atoms with E-state index in [4.69, 9.17) is 18.9 Å². The number of benzene rings is 1. The largest absolute Gasteiger partial charge is 0.493 e. The van der Waals surface area contributed by atoms with E-state index in [1.807, 2.05) is 19.9 Å². The zero-order chi connectivity index (χ0) is 29.7. The van der Waals surface area contributed by atoms with Crippen LogP contribution in [-0.2, 0) is 25.5 Å². The lowest BCUT2D eigenvalue weighted by molar-refractivity contribution is -0.145. The fraction of sp³-hybridized carbons (Fsp3) is 0.750. The quantitative estimate of drug-likeness (QED) is 0.187. The van der Waals surface area contributed by atoms with Crippen molar-refractivity contribution in [2.45, 2.75) is 91.2 Å². The van der Waals surface area contributed by atoms with Crippen LogP contribution >= 0.6 is 0 Å². The lowest BCUT2D eigenvalue weighted by Gasteiger charge is -2.27. The van der Waals surface area contributed by atoms with Gasteiger partial charge < -0.3 is 29.4 Å². The van der Waals surface area contributed by atoms with E-state index in [0.717, 1.165) is 37.9 Å². The second kappa shape index (κ2) is 17.5. The number of aliphatic hydroxyl groups excluding tert-OH is 1. The number of methoxy groups -OCH3 is 3. The molecule has 1 amide bonds. The summed E-state index contributed by atoms with van der Waals surface area (Å²) < 4.78 is 21.4. The van der Waals surface area contributed by atoms with Crippen molar-refractivity contribution < 1.29 is 33.6 Å². The fourth-order valence-corrected chi connectivity index (χ4v) is 5.62. The van der Waals surface area contributed by atoms with E-state index in [9.17, 15) is 14.7 Å². The van der Waals surface area contributed by atoms with Crippen LogP contribution in [0.2, 0.25) is 0 Å². The first kappa shape index (κ1) is 33.9. The van der Waals surface area contributed by atoms with E-state index in [1.165, 1.54) is 12.7 Å². The smallest absolute Gasteiger partial charge is 0.308 e. The summed E-state index contributed by atoms with van der Waals surface area (Å²) in [6, 6.07) is 6.08. The SMILES string of the molecule is COCCCOc1cc(CC(CC[C@@H](O)CC(C(=O)N[C@@H]2CC[C@H](C(=O)OC)C2)C(C)C)C(C)C)ccc1OC. The molecule has 1 fully saturated rings. The topological polar surface area (TPSA) is 103 Å². The van der Waals surface area contributed by atoms with E-state index < -0.39 is 6.10 Å². The number of nitrogens with one attached hydrogen (secondary N) is 1. The summed E-state index contributed by atoms with van der Waals surface area (Å²) in [4.78, 5) is 25.0. The molecule has 0 aliphatic heterocycles. The van der Waals surface area contributed by atoms with Crippen LogP contribution in [0.3, 0.4) is 0 Å². The predicted octanol–water partition coefficient (Wildman–Crippen LogP) is 5.19. The molecule has 1 saturated carbocycles. The average molecular weight is 564 g/mol. The van der Waals surface area contributed by atoms with E-state index in [-0.39, 0.29) is 35.7 Å². The van der Waals surface area contributed by atoms with E-state index in [2.05, 4.69) is 31.3 Å². The van der Waals surface area contributed by atoms with Gasteiger partial charge in [0.05, 0.1) is 32.8 Å². The maximum absolute atomic E-state index is 13.1. The van der Waals surface area contributed by atoms with Crippen LogP contribution in [0.4, 0.5) is 0 Å². The summed E-state index contributed by atoms with van der Waals surface area (Å²) in [6.45, 7) is 9.70. The molecule has 2 rings (SSSR count). The van der Waals surface area contributed by atoms with Gasteiger partial charge in [-0.25, -0.2) is 0 Å². The Morgan fingerprint density at radius 3 is 2.38 bits per heavy atom. The Morgan fingerprint density at radius 2 is 1.75 bits per heavy atom. The second-order valence-electron chi connectivity index (χ2n) is 11.9. The number of amides is 1. The first-order chi connectivity index (χ1) is 19.1. The molecule has 0 aromatic heterocycles. The third-order valence-corrected chi connectivity index (χ3v) is 8.27. The van der Waals surface area contributed by atoms with Crippen LogP contribution < -0.4 is 14.8 Å². The van der Waals surface area contributed by atoms with Gasteiger partial charge in [-0.05, 0) is 80.4 Å². The minimum atomic E-state index is -0.554. The Labute approximate surface area is 241 Å². The van der Waals surface area contributed by atoms with Crippen LogP contribution in [0, 0.1) is 29.6 Å². The van der Waals surface area contributed by atoms with Crippen molar-refractivity contribution in [3.8, 4) is 11.5 Å². The molecule has 5 atom stereocenters. The van der Waals surface area contributed by atoms with E-state index in [0.29, 0.717) is 50.1 Å². The van der Waals surface area contributed by atoms with Crippen LogP contribution in [0.1, 0.15) is 78.2 Å². The predicted molar refractivity (Wildman–Crippen MR) is 156 cm³/mol. The van der Waals surface area contributed by atoms with Gasteiger partial charge in [0.15, 0.2) is 11.5 Å². The Hall–Kier alpha value is -2.32. The monoisotopic (exact) mass is 563 g/mol. The molecule has 8 nitrogen and oxygen atoms in total. The molecule has 1 aromatic carbocycles. The molecule has 1 aliphatic rings. The van der Waals surface area contributed by atoms with Gasteiger partial charge in [-0.1, -0.05) is 33.8 Å². The van der Waals surface area contributed by atoms with Crippen LogP contribution in [0.25, 0.3) is 0 Å². The van der Waals surface area contributed by atoms with Gasteiger partial charge in [0, 0.05) is 32.1 Å². The van der Waals surface area contributed by atoms with Gasteiger partial charge >= 0.3 is 5.97 Å². The van der Waals surface area contributed by atoms with Gasteiger partial charge in [-0.2, -0.15) is 0 Å². The highest BCUT2D eigenvalue weighted by Crippen LogP contribution is 2.32. The molecular formula is C32H53NO7. The van der Waals surface area contributed by atoms with E-state index in [1.54, 1.807) is 14.2 Å². The van der Waals surface area contributed by atoms with Crippen molar-refractivity contribution in [1.82, 2.24) is 5.32 Å². The van der Waals surface area contributed by atoms with E-state index >= 15 is 0 Å². The normalized spacial score (nSPS) is 19.4. The fourth-order valence-electron chi connectivity index (χ4n) is 5.62. The number of hydrogen-bond acceptors (Lipinski definition) is 7. The zero-order valence-corrected chi connectivity index (χ0v) is 25.7. The maximum Gasteiger partial charge on any atom is 0.308 e. The maximum atomic E-state index is 13.1. The molecule has 228 valence electrons. The van der Waals surface area contributed by atoms with Gasteiger partial charge in [-0.15, -0.1) is 0 Å². The number of aliphatic hydroxyl groups is 1. The Balaban J connectivity index is 1.93. The minimum absolute atomic E-state index is 0.0151. The second-order valence-corrected chi connectivity index (χ2v) is 11.9. The van der Waals surface area contributed by atoms with Gasteiger partial charge in [-0.3, -0.25) is 9.59 Å². The van der Waals surface area contributed by atoms with Crippen molar-refractivity contribution in [2.75, 3.05) is 34.5 Å². The highest BCUT2D eigenvalue weighted by Gasteiger charge is 2.34. The summed E-state index contributed by atoms with van der Waals surface area (Å²) in [7, 11) is 4.73. The number of carbonyl (C=O) groups excluding carboxylic acids is 2. The standard InChI is InChI=1S/C32H53NO7/c1-21(2)24(17-23-9-14-29(38-6)30(18-23)40-16-8-15-37-5)11-13-27(34)20-28(22(3)4)31(35)33-26-12-10-25(19-26)32(36)39-7/h9,14,18,21-22,24-28,34H,8,10-13,15-17,19-20H2,1-7H3,(H,33,35)/t24?,25-,26+,27+,28?/m0/s1. The van der Waals surface area contributed by atoms with Gasteiger partial charge in [0.25, 0.3) is 0 Å². The number of ether oxygens (including phenoxy) is 4. The van der Waals surface area contributed by atoms with Crippen molar-refractivity contribution in [3.63, 3.8) is 0 Å². The summed E-state index contributed by atoms with van der Waals surface area (Å²) in [5.41, 5.74) is 1.18. The van der Waals surface area contributed by atoms with Gasteiger partial charge in [0.1, 0.15) is 0 Å². The molecule has 0 bridgehead atoms. The lowest BCUT2D eigenvalue weighted by Crippen LogP contribution is -2.41. The highest BCUT2D eigenvalue weighted by molar-refractivity contribution is 5.79. The molecular weight excluding hydrogens is 510 g/mol. The van der Waals surface area contributed by atoms with Crippen molar-refractivity contribution >= 4 is 11.9 Å². The number of esters is 1. The molecule has 40 heavy (non-hydrogen) atoms. The summed E-state index contributed by atoms with van der Waals surface area (Å²) in [6.07, 6.45) is 5.20. The molecule has 2 N–H and O–H groups in total. The Morgan fingerprint density at radius 1 is 1.00 bits per heavy atom. The molecule has 0 radical (unpaired) electrons. The van der Waals surface area contributed by atoms with Crippen LogP contribution in [-0.4, -0.2) is 63.7 Å². The number of carbonyl (C=O) groups is 2. The molecule has 8 heteroatoms. The van der Waals surface area contributed by atoms with Crippen molar-refractivity contribution in [3.05, 3.63) is 23.8 Å². The molecule has 1 aromatic rings. The highest BCUT2D eigenvalue weighted by atomic mass is 16.5. The molecule has 2 unspecified atom stereocenters. The number of rotatable bonds is 18. The first-order valence-corrected chi connectivity index (χ1v) is 14.9. The summed E-state index contributed by atoms with van der Waals surface area (Å²) in [5.74, 6) is 1.74. The molecule has 1 aliphatic carbocycles. The van der Waals surface area contributed by atoms with Crippen molar-refractivity contribution in [1.29, 1.82) is 0 Å². The molecule has 0 spiro atoms. The van der Waals surface area contributed by atoms with Crippen LogP contribution in [0.5, 0.6) is 11.5 Å². The average Bonchev–Trinajstić information content (AvgIpc) is 3.39. The summed E-state index contributed by atoms with van der Waals surface area (Å²) >= 11 is 0. The first-order valence-electron chi connectivity index (χ1n) is 14.9. The molecule has 0 saturated heterocycles. The number of hydrogen-bond donors (Lipinski definition) is 2. The Kier molecular flexibility index (Phi) is 14.8. The Bertz CT molecular complexity index is 903. The third kappa shape index (κ3) is 10.9. The lowest BCUT2D eigenvalue weighted by atomic mass is 9.82.